The summed E-state index contributed by atoms with van der Waals surface area (Å²) in [5, 5.41) is 13.2. The standard InChI is InChI=1S/C18H32N2O/c1-15(21)12-20(6)14-18(5,13-19-17(2,3)4)16-10-8-7-9-11-16/h7-11,15,19,21H,12-14H2,1-6H3. The summed E-state index contributed by atoms with van der Waals surface area (Å²) < 4.78 is 0. The second-order valence-corrected chi connectivity index (χ2v) is 7.58. The summed E-state index contributed by atoms with van der Waals surface area (Å²) in [5.41, 5.74) is 1.44. The fraction of sp³-hybridized carbons (Fsp3) is 0.667. The van der Waals surface area contributed by atoms with Gasteiger partial charge >= 0.3 is 0 Å². The van der Waals surface area contributed by atoms with Crippen LogP contribution in [0.2, 0.25) is 0 Å². The molecule has 21 heavy (non-hydrogen) atoms. The Morgan fingerprint density at radius 1 is 1.14 bits per heavy atom. The molecule has 3 heteroatoms. The minimum Gasteiger partial charge on any atom is -0.392 e. The van der Waals surface area contributed by atoms with Crippen molar-refractivity contribution in [1.29, 1.82) is 0 Å². The number of rotatable bonds is 7. The first kappa shape index (κ1) is 18.1. The fourth-order valence-electron chi connectivity index (χ4n) is 2.66. The van der Waals surface area contributed by atoms with Crippen LogP contribution in [0.25, 0.3) is 0 Å². The van der Waals surface area contributed by atoms with Crippen molar-refractivity contribution >= 4 is 0 Å². The molecule has 2 N–H and O–H groups in total. The van der Waals surface area contributed by atoms with Crippen molar-refractivity contribution in [3.63, 3.8) is 0 Å². The Bertz CT molecular complexity index is 411. The molecule has 0 heterocycles. The first-order valence-electron chi connectivity index (χ1n) is 7.79. The summed E-state index contributed by atoms with van der Waals surface area (Å²) in [7, 11) is 2.07. The maximum Gasteiger partial charge on any atom is 0.0638 e. The van der Waals surface area contributed by atoms with E-state index in [4.69, 9.17) is 0 Å². The van der Waals surface area contributed by atoms with E-state index >= 15 is 0 Å². The summed E-state index contributed by atoms with van der Waals surface area (Å²) in [6.45, 7) is 13.2. The van der Waals surface area contributed by atoms with Gasteiger partial charge in [0, 0.05) is 30.6 Å². The Balaban J connectivity index is 2.89. The summed E-state index contributed by atoms with van der Waals surface area (Å²) in [5.74, 6) is 0. The predicted octanol–water partition coefficient (Wildman–Crippen LogP) is 2.65. The Morgan fingerprint density at radius 3 is 2.19 bits per heavy atom. The zero-order valence-corrected chi connectivity index (χ0v) is 14.5. The van der Waals surface area contributed by atoms with Crippen molar-refractivity contribution in [3.05, 3.63) is 35.9 Å². The highest BCUT2D eigenvalue weighted by Gasteiger charge is 2.29. The van der Waals surface area contributed by atoms with Crippen LogP contribution >= 0.6 is 0 Å². The van der Waals surface area contributed by atoms with Crippen LogP contribution in [0.15, 0.2) is 30.3 Å². The molecular weight excluding hydrogens is 260 g/mol. The Morgan fingerprint density at radius 2 is 1.71 bits per heavy atom. The van der Waals surface area contributed by atoms with Gasteiger partial charge in [-0.25, -0.2) is 0 Å². The van der Waals surface area contributed by atoms with Crippen LogP contribution in [0.5, 0.6) is 0 Å². The van der Waals surface area contributed by atoms with E-state index in [-0.39, 0.29) is 17.1 Å². The summed E-state index contributed by atoms with van der Waals surface area (Å²) >= 11 is 0. The van der Waals surface area contributed by atoms with Crippen LogP contribution in [0.4, 0.5) is 0 Å². The number of aliphatic hydroxyl groups is 1. The molecule has 2 unspecified atom stereocenters. The highest BCUT2D eigenvalue weighted by Crippen LogP contribution is 2.25. The zero-order valence-electron chi connectivity index (χ0n) is 14.5. The lowest BCUT2D eigenvalue weighted by Crippen LogP contribution is -2.50. The third-order valence-electron chi connectivity index (χ3n) is 3.67. The van der Waals surface area contributed by atoms with Crippen LogP contribution in [0.3, 0.4) is 0 Å². The van der Waals surface area contributed by atoms with Gasteiger partial charge in [-0.3, -0.25) is 0 Å². The lowest BCUT2D eigenvalue weighted by molar-refractivity contribution is 0.126. The topological polar surface area (TPSA) is 35.5 Å². The zero-order chi connectivity index (χ0) is 16.1. The van der Waals surface area contributed by atoms with Gasteiger partial charge in [-0.15, -0.1) is 0 Å². The Labute approximate surface area is 130 Å². The van der Waals surface area contributed by atoms with Gasteiger partial charge in [0.2, 0.25) is 0 Å². The van der Waals surface area contributed by atoms with E-state index in [0.717, 1.165) is 13.1 Å². The molecule has 2 atom stereocenters. The maximum atomic E-state index is 9.59. The minimum atomic E-state index is -0.300. The molecular formula is C18H32N2O. The molecule has 0 aliphatic heterocycles. The molecule has 1 aromatic rings. The second kappa shape index (κ2) is 7.39. The van der Waals surface area contributed by atoms with Crippen molar-refractivity contribution in [2.24, 2.45) is 0 Å². The molecule has 0 radical (unpaired) electrons. The number of likely N-dealkylation sites (N-methyl/N-ethyl adjacent to an activating group) is 1. The lowest BCUT2D eigenvalue weighted by atomic mass is 9.81. The number of hydrogen-bond acceptors (Lipinski definition) is 3. The van der Waals surface area contributed by atoms with E-state index < -0.39 is 0 Å². The molecule has 120 valence electrons. The Hall–Kier alpha value is -0.900. The van der Waals surface area contributed by atoms with Crippen molar-refractivity contribution in [2.45, 2.75) is 51.7 Å². The van der Waals surface area contributed by atoms with Gasteiger partial charge in [0.05, 0.1) is 6.10 Å². The molecule has 0 bridgehead atoms. The number of nitrogens with zero attached hydrogens (tertiary/aromatic N) is 1. The first-order valence-corrected chi connectivity index (χ1v) is 7.79. The van der Waals surface area contributed by atoms with Crippen molar-refractivity contribution in [2.75, 3.05) is 26.7 Å². The highest BCUT2D eigenvalue weighted by molar-refractivity contribution is 5.25. The van der Waals surface area contributed by atoms with E-state index in [9.17, 15) is 5.11 Å². The van der Waals surface area contributed by atoms with Crippen molar-refractivity contribution < 1.29 is 5.11 Å². The minimum absolute atomic E-state index is 0.0121. The summed E-state index contributed by atoms with van der Waals surface area (Å²) in [6, 6.07) is 10.6. The second-order valence-electron chi connectivity index (χ2n) is 7.58. The number of hydrogen-bond donors (Lipinski definition) is 2. The normalized spacial score (nSPS) is 16.8. The van der Waals surface area contributed by atoms with E-state index in [0.29, 0.717) is 6.54 Å². The highest BCUT2D eigenvalue weighted by atomic mass is 16.3. The molecule has 1 aromatic carbocycles. The summed E-state index contributed by atoms with van der Waals surface area (Å²) in [6.07, 6.45) is -0.300. The molecule has 3 nitrogen and oxygen atoms in total. The quantitative estimate of drug-likeness (QED) is 0.811. The molecule has 0 amide bonds. The predicted molar refractivity (Wildman–Crippen MR) is 90.7 cm³/mol. The van der Waals surface area contributed by atoms with Gasteiger partial charge in [0.1, 0.15) is 0 Å². The SMILES string of the molecule is CC(O)CN(C)CC(C)(CNC(C)(C)C)c1ccccc1. The van der Waals surface area contributed by atoms with Crippen LogP contribution in [-0.4, -0.2) is 48.3 Å². The molecule has 0 aliphatic carbocycles. The van der Waals surface area contributed by atoms with E-state index in [1.165, 1.54) is 5.56 Å². The molecule has 0 saturated carbocycles. The van der Waals surface area contributed by atoms with Crippen LogP contribution in [0, 0.1) is 0 Å². The van der Waals surface area contributed by atoms with Gasteiger partial charge < -0.3 is 15.3 Å². The van der Waals surface area contributed by atoms with E-state index in [2.05, 4.69) is 75.3 Å². The maximum absolute atomic E-state index is 9.59. The third kappa shape index (κ3) is 6.60. The van der Waals surface area contributed by atoms with Crippen LogP contribution < -0.4 is 5.32 Å². The lowest BCUT2D eigenvalue weighted by Gasteiger charge is -2.37. The van der Waals surface area contributed by atoms with Crippen LogP contribution in [-0.2, 0) is 5.41 Å². The average Bonchev–Trinajstić information content (AvgIpc) is 2.35. The molecule has 0 aromatic heterocycles. The monoisotopic (exact) mass is 292 g/mol. The van der Waals surface area contributed by atoms with Crippen LogP contribution in [0.1, 0.15) is 40.2 Å². The van der Waals surface area contributed by atoms with Crippen molar-refractivity contribution in [1.82, 2.24) is 10.2 Å². The molecule has 1 rings (SSSR count). The van der Waals surface area contributed by atoms with Gasteiger partial charge in [0.15, 0.2) is 0 Å². The molecule has 0 fully saturated rings. The van der Waals surface area contributed by atoms with E-state index in [1.54, 1.807) is 0 Å². The third-order valence-corrected chi connectivity index (χ3v) is 3.67. The first-order chi connectivity index (χ1) is 9.62. The van der Waals surface area contributed by atoms with Gasteiger partial charge in [-0.1, -0.05) is 37.3 Å². The molecule has 0 saturated heterocycles. The fourth-order valence-corrected chi connectivity index (χ4v) is 2.66. The largest absolute Gasteiger partial charge is 0.392 e. The van der Waals surface area contributed by atoms with Gasteiger partial charge in [0.25, 0.3) is 0 Å². The number of benzene rings is 1. The average molecular weight is 292 g/mol. The van der Waals surface area contributed by atoms with Gasteiger partial charge in [-0.2, -0.15) is 0 Å². The number of aliphatic hydroxyl groups excluding tert-OH is 1. The summed E-state index contributed by atoms with van der Waals surface area (Å²) in [4.78, 5) is 2.21. The van der Waals surface area contributed by atoms with E-state index in [1.807, 2.05) is 6.92 Å². The molecule has 0 spiro atoms. The molecule has 0 aliphatic rings. The Kier molecular flexibility index (Phi) is 6.39. The smallest absolute Gasteiger partial charge is 0.0638 e. The number of nitrogens with one attached hydrogen (secondary N) is 1. The van der Waals surface area contributed by atoms with Crippen molar-refractivity contribution in [3.8, 4) is 0 Å². The van der Waals surface area contributed by atoms with Gasteiger partial charge in [-0.05, 0) is 40.3 Å².